The Morgan fingerprint density at radius 1 is 1.27 bits per heavy atom. The van der Waals surface area contributed by atoms with Crippen LogP contribution in [0.1, 0.15) is 46.0 Å². The molecule has 1 aromatic heterocycles. The molecule has 1 aromatic rings. The largest absolute Gasteiger partial charge is 0.342 e. The second kappa shape index (κ2) is 8.10. The first-order chi connectivity index (χ1) is 12.5. The molecule has 3 heterocycles. The topological polar surface area (TPSA) is 70.5 Å². The van der Waals surface area contributed by atoms with E-state index < -0.39 is 0 Å². The predicted octanol–water partition coefficient (Wildman–Crippen LogP) is 2.10. The van der Waals surface area contributed by atoms with E-state index >= 15 is 0 Å². The van der Waals surface area contributed by atoms with Crippen LogP contribution >= 0.6 is 0 Å². The highest BCUT2D eigenvalue weighted by atomic mass is 16.2. The van der Waals surface area contributed by atoms with Gasteiger partial charge in [0.2, 0.25) is 5.91 Å². The van der Waals surface area contributed by atoms with Crippen molar-refractivity contribution in [3.63, 3.8) is 0 Å². The molecule has 3 amide bonds. The summed E-state index contributed by atoms with van der Waals surface area (Å²) in [5, 5.41) is 2.98. The van der Waals surface area contributed by atoms with Crippen LogP contribution in [0.15, 0.2) is 18.7 Å². The van der Waals surface area contributed by atoms with Gasteiger partial charge in [-0.25, -0.2) is 9.78 Å². The van der Waals surface area contributed by atoms with Crippen molar-refractivity contribution in [2.24, 2.45) is 5.41 Å². The van der Waals surface area contributed by atoms with Crippen LogP contribution in [0.3, 0.4) is 0 Å². The fourth-order valence-electron chi connectivity index (χ4n) is 4.10. The molecule has 0 aliphatic carbocycles. The number of amides is 3. The molecule has 1 spiro atoms. The van der Waals surface area contributed by atoms with E-state index in [0.29, 0.717) is 6.42 Å². The van der Waals surface area contributed by atoms with Crippen LogP contribution in [0.2, 0.25) is 0 Å². The smallest absolute Gasteiger partial charge is 0.317 e. The Labute approximate surface area is 155 Å². The maximum absolute atomic E-state index is 12.3. The van der Waals surface area contributed by atoms with Gasteiger partial charge in [0.25, 0.3) is 0 Å². The van der Waals surface area contributed by atoms with Crippen molar-refractivity contribution >= 4 is 11.9 Å². The normalized spacial score (nSPS) is 20.0. The highest BCUT2D eigenvalue weighted by Crippen LogP contribution is 2.40. The van der Waals surface area contributed by atoms with Crippen molar-refractivity contribution < 1.29 is 9.59 Å². The number of urea groups is 1. The summed E-state index contributed by atoms with van der Waals surface area (Å²) in [6, 6.07) is 0.204. The van der Waals surface area contributed by atoms with Gasteiger partial charge in [0.1, 0.15) is 0 Å². The zero-order chi connectivity index (χ0) is 18.6. The van der Waals surface area contributed by atoms with E-state index in [2.05, 4.69) is 14.9 Å². The quantitative estimate of drug-likeness (QED) is 0.873. The van der Waals surface area contributed by atoms with Gasteiger partial charge in [-0.1, -0.05) is 0 Å². The molecule has 26 heavy (non-hydrogen) atoms. The molecule has 2 aliphatic rings. The third-order valence-electron chi connectivity index (χ3n) is 5.68. The van der Waals surface area contributed by atoms with Gasteiger partial charge in [-0.15, -0.1) is 0 Å². The highest BCUT2D eigenvalue weighted by molar-refractivity contribution is 5.77. The van der Waals surface area contributed by atoms with E-state index in [0.717, 1.165) is 58.4 Å². The molecular weight excluding hydrogens is 330 g/mol. The lowest BCUT2D eigenvalue weighted by Gasteiger charge is -2.47. The average Bonchev–Trinajstić information content (AvgIpc) is 3.12. The molecule has 3 rings (SSSR count). The van der Waals surface area contributed by atoms with Crippen LogP contribution in [0.25, 0.3) is 0 Å². The molecule has 144 valence electrons. The average molecular weight is 361 g/mol. The first-order valence-corrected chi connectivity index (χ1v) is 9.76. The summed E-state index contributed by atoms with van der Waals surface area (Å²) in [6.07, 6.45) is 10.1. The summed E-state index contributed by atoms with van der Waals surface area (Å²) in [6.45, 7) is 8.08. The molecule has 7 nitrogen and oxygen atoms in total. The van der Waals surface area contributed by atoms with E-state index in [1.807, 2.05) is 36.2 Å². The van der Waals surface area contributed by atoms with E-state index in [4.69, 9.17) is 0 Å². The predicted molar refractivity (Wildman–Crippen MR) is 99.6 cm³/mol. The lowest BCUT2D eigenvalue weighted by Crippen LogP contribution is -2.54. The van der Waals surface area contributed by atoms with Gasteiger partial charge in [0.15, 0.2) is 0 Å². The number of carbonyl (C=O) groups is 2. The van der Waals surface area contributed by atoms with Crippen LogP contribution in [0.5, 0.6) is 0 Å². The number of imidazole rings is 1. The lowest BCUT2D eigenvalue weighted by atomic mass is 9.72. The second-order valence-electron chi connectivity index (χ2n) is 8.06. The number of carbonyl (C=O) groups excluding carboxylic acids is 2. The molecule has 0 atom stereocenters. The maximum atomic E-state index is 12.3. The second-order valence-corrected chi connectivity index (χ2v) is 8.06. The van der Waals surface area contributed by atoms with Gasteiger partial charge >= 0.3 is 6.03 Å². The summed E-state index contributed by atoms with van der Waals surface area (Å²) in [5.74, 6) is 0.279. The van der Waals surface area contributed by atoms with Crippen LogP contribution < -0.4 is 5.32 Å². The zero-order valence-electron chi connectivity index (χ0n) is 16.0. The lowest BCUT2D eigenvalue weighted by molar-refractivity contribution is -0.139. The fourth-order valence-corrected chi connectivity index (χ4v) is 4.10. The molecule has 2 saturated heterocycles. The molecule has 0 radical (unpaired) electrons. The number of nitrogens with one attached hydrogen (secondary N) is 1. The number of aromatic nitrogens is 2. The summed E-state index contributed by atoms with van der Waals surface area (Å²) < 4.78 is 2.05. The Morgan fingerprint density at radius 2 is 2.04 bits per heavy atom. The van der Waals surface area contributed by atoms with Gasteiger partial charge in [0.05, 0.1) is 6.33 Å². The number of aryl methyl sites for hydroxylation is 1. The Hall–Kier alpha value is -2.05. The minimum atomic E-state index is 0.0407. The van der Waals surface area contributed by atoms with Crippen LogP contribution in [-0.2, 0) is 11.3 Å². The molecule has 0 saturated carbocycles. The maximum Gasteiger partial charge on any atom is 0.317 e. The summed E-state index contributed by atoms with van der Waals surface area (Å²) in [4.78, 5) is 32.6. The number of hydrogen-bond acceptors (Lipinski definition) is 3. The first-order valence-electron chi connectivity index (χ1n) is 9.76. The molecule has 0 unspecified atom stereocenters. The van der Waals surface area contributed by atoms with E-state index in [1.54, 1.807) is 6.20 Å². The van der Waals surface area contributed by atoms with Crippen molar-refractivity contribution in [2.45, 2.75) is 58.5 Å². The van der Waals surface area contributed by atoms with E-state index in [-0.39, 0.29) is 23.4 Å². The highest BCUT2D eigenvalue weighted by Gasteiger charge is 2.41. The Kier molecular flexibility index (Phi) is 5.84. The number of hydrogen-bond donors (Lipinski definition) is 1. The van der Waals surface area contributed by atoms with Crippen molar-refractivity contribution in [3.8, 4) is 0 Å². The van der Waals surface area contributed by atoms with E-state index in [1.165, 1.54) is 0 Å². The molecule has 0 aromatic carbocycles. The van der Waals surface area contributed by atoms with Gasteiger partial charge < -0.3 is 19.7 Å². The number of piperidine rings is 2. The minimum Gasteiger partial charge on any atom is -0.342 e. The van der Waals surface area contributed by atoms with Crippen molar-refractivity contribution in [1.82, 2.24) is 24.7 Å². The van der Waals surface area contributed by atoms with Crippen LogP contribution in [-0.4, -0.2) is 63.5 Å². The van der Waals surface area contributed by atoms with Crippen molar-refractivity contribution in [2.75, 3.05) is 26.2 Å². The van der Waals surface area contributed by atoms with Gasteiger partial charge in [-0.2, -0.15) is 0 Å². The van der Waals surface area contributed by atoms with Gasteiger partial charge in [0, 0.05) is 57.6 Å². The summed E-state index contributed by atoms with van der Waals surface area (Å²) >= 11 is 0. The van der Waals surface area contributed by atoms with Gasteiger partial charge in [-0.3, -0.25) is 4.79 Å². The molecule has 2 fully saturated rings. The summed E-state index contributed by atoms with van der Waals surface area (Å²) in [7, 11) is 0. The SMILES string of the molecule is CC(C)NC(=O)N1CCC2(CCC(=O)N(CCCn3ccnc3)C2)CC1. The molecular formula is C19H31N5O2. The van der Waals surface area contributed by atoms with Crippen LogP contribution in [0, 0.1) is 5.41 Å². The Morgan fingerprint density at radius 3 is 2.69 bits per heavy atom. The first kappa shape index (κ1) is 18.7. The number of rotatable bonds is 5. The molecule has 0 bridgehead atoms. The van der Waals surface area contributed by atoms with E-state index in [9.17, 15) is 9.59 Å². The van der Waals surface area contributed by atoms with Crippen molar-refractivity contribution in [3.05, 3.63) is 18.7 Å². The third-order valence-corrected chi connectivity index (χ3v) is 5.68. The number of likely N-dealkylation sites (tertiary alicyclic amines) is 2. The Bertz CT molecular complexity index is 605. The Balaban J connectivity index is 1.49. The fraction of sp³-hybridized carbons (Fsp3) is 0.737. The minimum absolute atomic E-state index is 0.0407. The number of nitrogens with zero attached hydrogens (tertiary/aromatic N) is 4. The summed E-state index contributed by atoms with van der Waals surface area (Å²) in [5.41, 5.74) is 0.192. The monoisotopic (exact) mass is 361 g/mol. The molecule has 1 N–H and O–H groups in total. The molecule has 2 aliphatic heterocycles. The standard InChI is InChI=1S/C19H31N5O2/c1-16(2)21-18(26)23-11-6-19(7-12-23)5-4-17(25)24(14-19)10-3-9-22-13-8-20-15-22/h8,13,15-16H,3-7,9-12,14H2,1-2H3,(H,21,26). The molecule has 7 heteroatoms. The third kappa shape index (κ3) is 4.56. The van der Waals surface area contributed by atoms with Gasteiger partial charge in [-0.05, 0) is 44.9 Å². The zero-order valence-corrected chi connectivity index (χ0v) is 16.0. The van der Waals surface area contributed by atoms with Crippen molar-refractivity contribution in [1.29, 1.82) is 0 Å². The van der Waals surface area contributed by atoms with Crippen LogP contribution in [0.4, 0.5) is 4.79 Å².